The molecule has 1 aliphatic rings. The number of thiocarbonyl (C=S) groups is 1. The Hall–Kier alpha value is -0.980. The summed E-state index contributed by atoms with van der Waals surface area (Å²) in [5.74, 6) is 1.15. The molecule has 1 saturated heterocycles. The molecule has 0 aromatic carbocycles. The van der Waals surface area contributed by atoms with Crippen molar-refractivity contribution in [2.45, 2.75) is 25.8 Å². The second-order valence-corrected chi connectivity index (χ2v) is 5.88. The van der Waals surface area contributed by atoms with Crippen LogP contribution in [0.15, 0.2) is 12.4 Å². The van der Waals surface area contributed by atoms with Crippen LogP contribution in [0.2, 0.25) is 0 Å². The van der Waals surface area contributed by atoms with Crippen LogP contribution in [0.25, 0.3) is 0 Å². The average molecular weight is 295 g/mol. The molecule has 20 heavy (non-hydrogen) atoms. The van der Waals surface area contributed by atoms with E-state index >= 15 is 0 Å². The Morgan fingerprint density at radius 2 is 2.10 bits per heavy atom. The second-order valence-electron chi connectivity index (χ2n) is 5.41. The smallest absolute Gasteiger partial charge is 0.109 e. The molecule has 1 aromatic heterocycles. The van der Waals surface area contributed by atoms with Crippen LogP contribution in [-0.4, -0.2) is 63.1 Å². The summed E-state index contributed by atoms with van der Waals surface area (Å²) in [6, 6.07) is 0.265. The van der Waals surface area contributed by atoms with Crippen LogP contribution in [0.1, 0.15) is 19.2 Å². The van der Waals surface area contributed by atoms with Crippen molar-refractivity contribution in [2.75, 3.05) is 32.7 Å². The first kappa shape index (κ1) is 15.4. The zero-order chi connectivity index (χ0) is 14.5. The Labute approximate surface area is 126 Å². The highest BCUT2D eigenvalue weighted by Crippen LogP contribution is 2.10. The first-order chi connectivity index (χ1) is 9.61. The van der Waals surface area contributed by atoms with Gasteiger partial charge in [-0.15, -0.1) is 0 Å². The summed E-state index contributed by atoms with van der Waals surface area (Å²) in [7, 11) is 2.05. The Kier molecular flexibility index (Phi) is 5.51. The minimum atomic E-state index is 0.265. The maximum absolute atomic E-state index is 5.82. The number of nitrogens with zero attached hydrogens (tertiary/aromatic N) is 4. The van der Waals surface area contributed by atoms with Crippen molar-refractivity contribution >= 4 is 17.2 Å². The molecule has 5 nitrogen and oxygen atoms in total. The number of aryl methyl sites for hydroxylation is 1. The maximum atomic E-state index is 5.82. The second kappa shape index (κ2) is 7.15. The predicted molar refractivity (Wildman–Crippen MR) is 85.8 cm³/mol. The highest BCUT2D eigenvalue weighted by Gasteiger charge is 2.24. The molecule has 112 valence electrons. The fraction of sp³-hybridized carbons (Fsp3) is 0.714. The van der Waals surface area contributed by atoms with Gasteiger partial charge in [-0.25, -0.2) is 4.98 Å². The third-order valence-corrected chi connectivity index (χ3v) is 4.41. The van der Waals surface area contributed by atoms with E-state index in [1.807, 2.05) is 19.4 Å². The number of hydrogen-bond donors (Lipinski definition) is 1. The first-order valence-electron chi connectivity index (χ1n) is 7.33. The molecule has 1 atom stereocenters. The lowest BCUT2D eigenvalue weighted by Crippen LogP contribution is -2.53. The molecule has 0 radical (unpaired) electrons. The monoisotopic (exact) mass is 295 g/mol. The van der Waals surface area contributed by atoms with E-state index in [-0.39, 0.29) is 6.04 Å². The summed E-state index contributed by atoms with van der Waals surface area (Å²) in [4.78, 5) is 9.92. The van der Waals surface area contributed by atoms with Gasteiger partial charge in [0.25, 0.3) is 0 Å². The lowest BCUT2D eigenvalue weighted by Gasteiger charge is -2.38. The van der Waals surface area contributed by atoms with E-state index in [1.165, 1.54) is 0 Å². The van der Waals surface area contributed by atoms with Crippen molar-refractivity contribution in [3.05, 3.63) is 18.2 Å². The summed E-state index contributed by atoms with van der Waals surface area (Å²) in [5.41, 5.74) is 5.82. The standard InChI is InChI=1S/C14H25N5S/c1-3-12(14(15)20)19-10-8-18(9-11-19)6-4-13-16-5-7-17(13)2/h5,7,12H,3-4,6,8-11H2,1-2H3,(H2,15,20). The molecule has 0 spiro atoms. The molecule has 2 rings (SSSR count). The summed E-state index contributed by atoms with van der Waals surface area (Å²) in [5, 5.41) is 0. The molecule has 0 saturated carbocycles. The number of aromatic nitrogens is 2. The summed E-state index contributed by atoms with van der Waals surface area (Å²) in [6.07, 6.45) is 5.88. The van der Waals surface area contributed by atoms with Crippen molar-refractivity contribution < 1.29 is 0 Å². The minimum absolute atomic E-state index is 0.265. The van der Waals surface area contributed by atoms with Crippen molar-refractivity contribution in [1.29, 1.82) is 0 Å². The van der Waals surface area contributed by atoms with E-state index < -0.39 is 0 Å². The molecule has 1 fully saturated rings. The molecule has 0 bridgehead atoms. The quantitative estimate of drug-likeness (QED) is 0.781. The van der Waals surface area contributed by atoms with Gasteiger partial charge < -0.3 is 15.2 Å². The van der Waals surface area contributed by atoms with Crippen molar-refractivity contribution in [1.82, 2.24) is 19.4 Å². The first-order valence-corrected chi connectivity index (χ1v) is 7.74. The number of hydrogen-bond acceptors (Lipinski definition) is 4. The van der Waals surface area contributed by atoms with E-state index in [2.05, 4.69) is 26.3 Å². The fourth-order valence-electron chi connectivity index (χ4n) is 2.83. The fourth-order valence-corrected chi connectivity index (χ4v) is 3.15. The Balaban J connectivity index is 1.77. The van der Waals surface area contributed by atoms with Gasteiger partial charge in [0, 0.05) is 58.6 Å². The van der Waals surface area contributed by atoms with Crippen molar-refractivity contribution in [2.24, 2.45) is 12.8 Å². The van der Waals surface area contributed by atoms with Crippen molar-refractivity contribution in [3.63, 3.8) is 0 Å². The molecule has 0 aliphatic carbocycles. The van der Waals surface area contributed by atoms with E-state index in [0.717, 1.165) is 51.4 Å². The van der Waals surface area contributed by atoms with Crippen LogP contribution in [0.5, 0.6) is 0 Å². The number of imidazole rings is 1. The topological polar surface area (TPSA) is 50.3 Å². The minimum Gasteiger partial charge on any atom is -0.392 e. The summed E-state index contributed by atoms with van der Waals surface area (Å²) in [6.45, 7) is 7.50. The van der Waals surface area contributed by atoms with E-state index in [0.29, 0.717) is 4.99 Å². The zero-order valence-electron chi connectivity index (χ0n) is 12.5. The van der Waals surface area contributed by atoms with Crippen molar-refractivity contribution in [3.8, 4) is 0 Å². The number of nitrogens with two attached hydrogens (primary N) is 1. The lowest BCUT2D eigenvalue weighted by molar-refractivity contribution is 0.117. The SMILES string of the molecule is CCC(C(N)=S)N1CCN(CCc2nccn2C)CC1. The highest BCUT2D eigenvalue weighted by atomic mass is 32.1. The van der Waals surface area contributed by atoms with Gasteiger partial charge >= 0.3 is 0 Å². The molecule has 6 heteroatoms. The number of piperazine rings is 1. The van der Waals surface area contributed by atoms with Gasteiger partial charge in [0.2, 0.25) is 0 Å². The Bertz CT molecular complexity index is 437. The van der Waals surface area contributed by atoms with Gasteiger partial charge in [-0.3, -0.25) is 4.90 Å². The van der Waals surface area contributed by atoms with E-state index in [4.69, 9.17) is 18.0 Å². The van der Waals surface area contributed by atoms with Crippen LogP contribution in [0.3, 0.4) is 0 Å². The summed E-state index contributed by atoms with van der Waals surface area (Å²) >= 11 is 5.16. The third-order valence-electron chi connectivity index (χ3n) is 4.14. The molecular formula is C14H25N5S. The predicted octanol–water partition coefficient (Wildman–Crippen LogP) is 0.645. The van der Waals surface area contributed by atoms with Crippen LogP contribution in [0, 0.1) is 0 Å². The van der Waals surface area contributed by atoms with Crippen LogP contribution in [0.4, 0.5) is 0 Å². The highest BCUT2D eigenvalue weighted by molar-refractivity contribution is 7.80. The molecule has 1 aromatic rings. The van der Waals surface area contributed by atoms with E-state index in [1.54, 1.807) is 0 Å². The van der Waals surface area contributed by atoms with Crippen LogP contribution >= 0.6 is 12.2 Å². The molecular weight excluding hydrogens is 270 g/mol. The molecule has 2 N–H and O–H groups in total. The normalized spacial score (nSPS) is 19.1. The third kappa shape index (κ3) is 3.77. The lowest BCUT2D eigenvalue weighted by atomic mass is 10.1. The summed E-state index contributed by atoms with van der Waals surface area (Å²) < 4.78 is 2.09. The largest absolute Gasteiger partial charge is 0.392 e. The molecule has 1 unspecified atom stereocenters. The van der Waals surface area contributed by atoms with Gasteiger partial charge in [-0.2, -0.15) is 0 Å². The Morgan fingerprint density at radius 3 is 2.60 bits per heavy atom. The molecule has 0 amide bonds. The molecule has 2 heterocycles. The Morgan fingerprint density at radius 1 is 1.40 bits per heavy atom. The molecule has 1 aliphatic heterocycles. The average Bonchev–Trinajstić information content (AvgIpc) is 2.84. The van der Waals surface area contributed by atoms with Gasteiger partial charge in [0.05, 0.1) is 11.0 Å². The van der Waals surface area contributed by atoms with Crippen LogP contribution in [-0.2, 0) is 13.5 Å². The van der Waals surface area contributed by atoms with Gasteiger partial charge in [-0.05, 0) is 6.42 Å². The zero-order valence-corrected chi connectivity index (χ0v) is 13.3. The van der Waals surface area contributed by atoms with Gasteiger partial charge in [0.1, 0.15) is 5.82 Å². The number of rotatable bonds is 6. The van der Waals surface area contributed by atoms with E-state index in [9.17, 15) is 0 Å². The van der Waals surface area contributed by atoms with Gasteiger partial charge in [0.15, 0.2) is 0 Å². The van der Waals surface area contributed by atoms with Gasteiger partial charge in [-0.1, -0.05) is 19.1 Å². The maximum Gasteiger partial charge on any atom is 0.109 e. The van der Waals surface area contributed by atoms with Crippen LogP contribution < -0.4 is 5.73 Å².